The molecule has 30 N–H and O–H groups in total. The van der Waals surface area contributed by atoms with Crippen molar-refractivity contribution >= 4 is 122 Å². The van der Waals surface area contributed by atoms with E-state index in [0.29, 0.717) is 11.5 Å². The largest absolute Gasteiger partial charge is 0.394 e. The third kappa shape index (κ3) is 70.4. The van der Waals surface area contributed by atoms with Gasteiger partial charge in [0.05, 0.1) is 77.0 Å². The van der Waals surface area contributed by atoms with Crippen LogP contribution in [0.3, 0.4) is 0 Å². The number of hydrogen-bond acceptors (Lipinski definition) is 24. The first kappa shape index (κ1) is 87.0. The van der Waals surface area contributed by atoms with Crippen LogP contribution in [0.5, 0.6) is 0 Å². The summed E-state index contributed by atoms with van der Waals surface area (Å²) in [5.74, 6) is -3.13. The first-order chi connectivity index (χ1) is 35.1. The van der Waals surface area contributed by atoms with Crippen molar-refractivity contribution in [3.8, 4) is 0 Å². The Balaban J connectivity index is -0.000000116. The van der Waals surface area contributed by atoms with Crippen molar-refractivity contribution in [1.82, 2.24) is 31.9 Å². The number of nitrogens with two attached hydrogens (primary N) is 8. The maximum Gasteiger partial charge on any atom is 0.243 e. The van der Waals surface area contributed by atoms with E-state index in [1.165, 1.54) is 41.5 Å². The predicted molar refractivity (Wildman–Crippen MR) is 294 cm³/mol. The predicted octanol–water partition coefficient (Wildman–Crippen LogP) is -12.2. The van der Waals surface area contributed by atoms with E-state index in [9.17, 15) is 47.9 Å². The number of amides is 10. The SMILES string of the molecule is CC(=O)NC(CO)CO.CC(=O)NC(CO)CO.CC(=O)N[C@@H](CO)C(N)=O.CC(=O)N[C@@H](CO)CS.CC(=O)N[C@H](CO)C(N)=O.CC(=O)N[C@H](CO)CS.NC(=O)[C@@H](CS)N=C(N)N.NC(=O)[C@H](CS)N=C(N)N. The highest BCUT2D eigenvalue weighted by Crippen LogP contribution is 1.92. The average molecular weight is 1180 g/mol. The molecule has 34 nitrogen and oxygen atoms in total. The van der Waals surface area contributed by atoms with E-state index in [1.807, 2.05) is 0 Å². The van der Waals surface area contributed by atoms with E-state index < -0.39 is 84.9 Å². The molecule has 0 aliphatic rings. The minimum absolute atomic E-state index is 0.0525. The Morgan fingerprint density at radius 3 is 0.579 bits per heavy atom. The van der Waals surface area contributed by atoms with Crippen molar-refractivity contribution in [3.05, 3.63) is 0 Å². The smallest absolute Gasteiger partial charge is 0.243 e. The summed E-state index contributed by atoms with van der Waals surface area (Å²) < 4.78 is 0. The van der Waals surface area contributed by atoms with E-state index >= 15 is 0 Å². The van der Waals surface area contributed by atoms with Gasteiger partial charge in [0.2, 0.25) is 59.1 Å². The van der Waals surface area contributed by atoms with Crippen molar-refractivity contribution in [2.24, 2.45) is 55.9 Å². The minimum Gasteiger partial charge on any atom is -0.394 e. The standard InChI is InChI=1S/2C5H10N2O3.2C5H11NO3.2C5H11NO2S.2C4H10N4OS/c2*1-3(9)7-4(2-8)5(6)10;2*1-4(9)6-5(2-7)3-8;2*1-4(8)6-5(2-7)3-9;2*5-3(9)2(1-10)8-4(6)7/h2*4,8H,2H2,1H3,(H2,6,10)(H,7,9);2*5,7-8H,2-3H2,1H3,(H,6,9);2*5,7,9H,2-3H2,1H3,(H,6,8);2*2,10H,1H2,(H2,5,9)(H4,6,7,8)/t2*4-;;;2*5-;2*2-/m10..1010/s1. The third-order valence-corrected chi connectivity index (χ3v) is 8.39. The fraction of sp³-hybridized carbons (Fsp3) is 0.684. The number of nitrogens with zero attached hydrogens (tertiary/aromatic N) is 2. The second-order valence-corrected chi connectivity index (χ2v) is 15.5. The highest BCUT2D eigenvalue weighted by molar-refractivity contribution is 7.80. The van der Waals surface area contributed by atoms with Crippen LogP contribution in [-0.4, -0.2) is 236 Å². The molecule has 0 aromatic heterocycles. The van der Waals surface area contributed by atoms with Crippen molar-refractivity contribution < 1.29 is 88.8 Å². The molecule has 0 aromatic rings. The normalized spacial score (nSPS) is 11.7. The lowest BCUT2D eigenvalue weighted by molar-refractivity contribution is -0.127. The van der Waals surface area contributed by atoms with Crippen LogP contribution in [0.15, 0.2) is 9.98 Å². The molecule has 0 bridgehead atoms. The molecule has 0 aromatic carbocycles. The molecule has 0 saturated carbocycles. The van der Waals surface area contributed by atoms with Gasteiger partial charge >= 0.3 is 0 Å². The van der Waals surface area contributed by atoms with Gasteiger partial charge in [-0.1, -0.05) is 0 Å². The van der Waals surface area contributed by atoms with Crippen molar-refractivity contribution in [3.63, 3.8) is 0 Å². The fourth-order valence-electron chi connectivity index (χ4n) is 3.40. The van der Waals surface area contributed by atoms with Crippen LogP contribution in [0.2, 0.25) is 0 Å². The Kier molecular flexibility index (Phi) is 67.1. The van der Waals surface area contributed by atoms with Crippen molar-refractivity contribution in [2.75, 3.05) is 75.9 Å². The quantitative estimate of drug-likeness (QED) is 0.0242. The van der Waals surface area contributed by atoms with Crippen LogP contribution < -0.4 is 77.8 Å². The van der Waals surface area contributed by atoms with Gasteiger partial charge in [0.1, 0.15) is 24.2 Å². The number of carbonyl (C=O) groups is 10. The molecule has 0 spiro atoms. The van der Waals surface area contributed by atoms with E-state index in [1.54, 1.807) is 0 Å². The number of nitrogens with one attached hydrogen (secondary N) is 6. The maximum absolute atomic E-state index is 10.4. The summed E-state index contributed by atoms with van der Waals surface area (Å²) in [5, 5.41) is 81.5. The first-order valence-corrected chi connectivity index (χ1v) is 23.9. The topological polar surface area (TPSA) is 638 Å². The van der Waals surface area contributed by atoms with Crippen LogP contribution in [0.25, 0.3) is 0 Å². The number of carbonyl (C=O) groups excluding carboxylic acids is 10. The van der Waals surface area contributed by atoms with E-state index in [4.69, 9.17) is 86.7 Å². The molecule has 10 amide bonds. The summed E-state index contributed by atoms with van der Waals surface area (Å²) in [4.78, 5) is 110. The second kappa shape index (κ2) is 58.6. The van der Waals surface area contributed by atoms with Crippen molar-refractivity contribution in [2.45, 2.75) is 89.9 Å². The molecule has 38 heteroatoms. The van der Waals surface area contributed by atoms with Gasteiger partial charge in [-0.25, -0.2) is 9.98 Å². The van der Waals surface area contributed by atoms with Crippen molar-refractivity contribution in [1.29, 1.82) is 0 Å². The molecule has 6 atom stereocenters. The Labute approximate surface area is 462 Å². The lowest BCUT2D eigenvalue weighted by Gasteiger charge is -2.10. The zero-order chi connectivity index (χ0) is 61.7. The van der Waals surface area contributed by atoms with Gasteiger partial charge in [0.25, 0.3) is 0 Å². The van der Waals surface area contributed by atoms with Gasteiger partial charge in [0, 0.05) is 64.6 Å². The Morgan fingerprint density at radius 1 is 0.329 bits per heavy atom. The molecule has 0 unspecified atom stereocenters. The summed E-state index contributed by atoms with van der Waals surface area (Å²) >= 11 is 15.4. The summed E-state index contributed by atoms with van der Waals surface area (Å²) in [5.41, 5.74) is 39.3. The molecule has 0 saturated heterocycles. The zero-order valence-corrected chi connectivity index (χ0v) is 46.6. The molecule has 0 heterocycles. The van der Waals surface area contributed by atoms with Gasteiger partial charge in [-0.15, -0.1) is 0 Å². The number of primary amides is 4. The summed E-state index contributed by atoms with van der Waals surface area (Å²) in [6, 6.07) is -4.78. The Morgan fingerprint density at radius 2 is 0.526 bits per heavy atom. The number of aliphatic imine (C=N–C) groups is 2. The third-order valence-electron chi connectivity index (χ3n) is 6.81. The van der Waals surface area contributed by atoms with Gasteiger partial charge in [-0.3, -0.25) is 47.9 Å². The molecule has 0 aliphatic heterocycles. The lowest BCUT2D eigenvalue weighted by Crippen LogP contribution is -2.45. The average Bonchev–Trinajstić information content (AvgIpc) is 3.33. The Bertz CT molecular complexity index is 1510. The summed E-state index contributed by atoms with van der Waals surface area (Å²) in [7, 11) is 0. The number of guanidine groups is 2. The van der Waals surface area contributed by atoms with Gasteiger partial charge in [-0.2, -0.15) is 50.5 Å². The number of rotatable bonds is 24. The molecule has 0 radical (unpaired) electrons. The highest BCUT2D eigenvalue weighted by Gasteiger charge is 2.15. The molecule has 76 heavy (non-hydrogen) atoms. The molecule has 0 rings (SSSR count). The number of aliphatic hydroxyl groups excluding tert-OH is 8. The van der Waals surface area contributed by atoms with E-state index in [-0.39, 0.29) is 98.8 Å². The van der Waals surface area contributed by atoms with Gasteiger partial charge in [-0.05, 0) is 0 Å². The number of thiol groups is 4. The fourth-order valence-corrected chi connectivity index (χ4v) is 4.34. The van der Waals surface area contributed by atoms with Crippen LogP contribution in [0.1, 0.15) is 41.5 Å². The summed E-state index contributed by atoms with van der Waals surface area (Å²) in [6.07, 6.45) is 0. The van der Waals surface area contributed by atoms with Crippen LogP contribution in [-0.2, 0) is 47.9 Å². The van der Waals surface area contributed by atoms with Crippen LogP contribution >= 0.6 is 50.5 Å². The van der Waals surface area contributed by atoms with Crippen LogP contribution in [0.4, 0.5) is 0 Å². The van der Waals surface area contributed by atoms with Gasteiger partial charge < -0.3 is 119 Å². The number of hydrogen-bond donors (Lipinski definition) is 26. The highest BCUT2D eigenvalue weighted by atomic mass is 32.1. The van der Waals surface area contributed by atoms with Gasteiger partial charge in [0.15, 0.2) is 11.9 Å². The molecular formula is C38H84N16O18S4. The second-order valence-electron chi connectivity index (χ2n) is 14.0. The molecule has 0 fully saturated rings. The molecular weight excluding hydrogens is 1100 g/mol. The molecule has 448 valence electrons. The molecule has 0 aliphatic carbocycles. The van der Waals surface area contributed by atoms with Crippen LogP contribution in [0, 0.1) is 0 Å². The zero-order valence-electron chi connectivity index (χ0n) is 43.1. The maximum atomic E-state index is 10.4. The minimum atomic E-state index is -0.961. The monoisotopic (exact) mass is 1180 g/mol. The number of aliphatic hydroxyl groups is 8. The Hall–Kier alpha value is -5.68. The summed E-state index contributed by atoms with van der Waals surface area (Å²) in [6.45, 7) is 6.03. The first-order valence-electron chi connectivity index (χ1n) is 21.4. The lowest BCUT2D eigenvalue weighted by atomic mass is 10.3. The van der Waals surface area contributed by atoms with E-state index in [2.05, 4.69) is 92.4 Å². The van der Waals surface area contributed by atoms with E-state index in [0.717, 1.165) is 0 Å².